The average Bonchev–Trinajstić information content (AvgIpc) is 3.03. The molecule has 140 valence electrons. The van der Waals surface area contributed by atoms with Gasteiger partial charge in [-0.25, -0.2) is 0 Å². The third kappa shape index (κ3) is 4.61. The second-order valence-electron chi connectivity index (χ2n) is 8.15. The first-order valence-electron chi connectivity index (χ1n) is 9.73. The molecule has 0 spiro atoms. The van der Waals surface area contributed by atoms with Crippen molar-refractivity contribution in [1.82, 2.24) is 19.6 Å². The molecule has 0 radical (unpaired) electrons. The van der Waals surface area contributed by atoms with Gasteiger partial charge in [0.2, 0.25) is 0 Å². The van der Waals surface area contributed by atoms with E-state index in [-0.39, 0.29) is 5.91 Å². The van der Waals surface area contributed by atoms with Crippen LogP contribution < -0.4 is 0 Å². The zero-order valence-electron chi connectivity index (χ0n) is 15.7. The number of carbonyl (C=O) groups is 1. The molecule has 0 aliphatic carbocycles. The van der Waals surface area contributed by atoms with Crippen molar-refractivity contribution in [2.45, 2.75) is 58.1 Å². The highest BCUT2D eigenvalue weighted by molar-refractivity contribution is 5.92. The molecule has 6 nitrogen and oxygen atoms in total. The first-order chi connectivity index (χ1) is 12.0. The summed E-state index contributed by atoms with van der Waals surface area (Å²) in [5.74, 6) is 0.487. The summed E-state index contributed by atoms with van der Waals surface area (Å²) in [5.41, 5.74) is 0.0157. The van der Waals surface area contributed by atoms with Gasteiger partial charge in [0.15, 0.2) is 0 Å². The topological polar surface area (TPSA) is 61.6 Å². The van der Waals surface area contributed by atoms with E-state index in [1.807, 2.05) is 9.58 Å². The molecule has 25 heavy (non-hydrogen) atoms. The lowest BCUT2D eigenvalue weighted by atomic mass is 9.90. The molecule has 1 aromatic rings. The Bertz CT molecular complexity index is 570. The largest absolute Gasteiger partial charge is 0.388 e. The monoisotopic (exact) mass is 348 g/mol. The fourth-order valence-corrected chi connectivity index (χ4v) is 3.99. The normalized spacial score (nSPS) is 21.7. The van der Waals surface area contributed by atoms with Gasteiger partial charge in [-0.3, -0.25) is 9.48 Å². The number of likely N-dealkylation sites (tertiary alicyclic amines) is 2. The molecule has 0 saturated carbocycles. The van der Waals surface area contributed by atoms with Gasteiger partial charge in [-0.2, -0.15) is 5.10 Å². The SMILES string of the molecule is CC(C)Cn1nccc1C(=O)N1CCC(O)(CN2CCCCC2)CC1. The molecule has 1 N–H and O–H groups in total. The highest BCUT2D eigenvalue weighted by Gasteiger charge is 2.36. The number of hydrogen-bond acceptors (Lipinski definition) is 4. The Balaban J connectivity index is 1.56. The minimum absolute atomic E-state index is 0.0400. The van der Waals surface area contributed by atoms with Crippen LogP contribution in [0, 0.1) is 5.92 Å². The average molecular weight is 348 g/mol. The van der Waals surface area contributed by atoms with E-state index in [0.29, 0.717) is 37.5 Å². The molecule has 6 heteroatoms. The summed E-state index contributed by atoms with van der Waals surface area (Å²) in [6, 6.07) is 1.80. The number of rotatable bonds is 5. The Labute approximate surface area is 150 Å². The molecular formula is C19H32N4O2. The highest BCUT2D eigenvalue weighted by atomic mass is 16.3. The molecular weight excluding hydrogens is 316 g/mol. The number of hydrogen-bond donors (Lipinski definition) is 1. The van der Waals surface area contributed by atoms with Crippen molar-refractivity contribution in [2.75, 3.05) is 32.7 Å². The van der Waals surface area contributed by atoms with E-state index >= 15 is 0 Å². The Kier molecular flexibility index (Phi) is 5.79. The van der Waals surface area contributed by atoms with Crippen molar-refractivity contribution in [3.05, 3.63) is 18.0 Å². The van der Waals surface area contributed by atoms with Crippen LogP contribution in [0.4, 0.5) is 0 Å². The van der Waals surface area contributed by atoms with Gasteiger partial charge in [0.1, 0.15) is 5.69 Å². The first-order valence-corrected chi connectivity index (χ1v) is 9.73. The second-order valence-corrected chi connectivity index (χ2v) is 8.15. The summed E-state index contributed by atoms with van der Waals surface area (Å²) < 4.78 is 1.81. The molecule has 1 aromatic heterocycles. The summed E-state index contributed by atoms with van der Waals surface area (Å²) >= 11 is 0. The fraction of sp³-hybridized carbons (Fsp3) is 0.789. The van der Waals surface area contributed by atoms with Crippen LogP contribution in [-0.4, -0.2) is 68.9 Å². The smallest absolute Gasteiger partial charge is 0.272 e. The number of β-amino-alcohol motifs (C(OH)–C–C–N with tert-alkyl or cyclic N) is 1. The molecule has 3 heterocycles. The number of aromatic nitrogens is 2. The van der Waals surface area contributed by atoms with Crippen LogP contribution in [0.15, 0.2) is 12.3 Å². The Morgan fingerprint density at radius 2 is 1.88 bits per heavy atom. The van der Waals surface area contributed by atoms with E-state index in [1.54, 1.807) is 12.3 Å². The Hall–Kier alpha value is -1.40. The first kappa shape index (κ1) is 18.4. The molecule has 2 aliphatic heterocycles. The van der Waals surface area contributed by atoms with Crippen molar-refractivity contribution in [3.63, 3.8) is 0 Å². The Morgan fingerprint density at radius 3 is 2.52 bits per heavy atom. The predicted octanol–water partition coefficient (Wildman–Crippen LogP) is 1.99. The molecule has 0 unspecified atom stereocenters. The van der Waals surface area contributed by atoms with E-state index in [4.69, 9.17) is 0 Å². The number of aliphatic hydroxyl groups is 1. The van der Waals surface area contributed by atoms with E-state index < -0.39 is 5.60 Å². The van der Waals surface area contributed by atoms with Crippen LogP contribution in [-0.2, 0) is 6.54 Å². The van der Waals surface area contributed by atoms with Gasteiger partial charge in [0.25, 0.3) is 5.91 Å². The van der Waals surface area contributed by atoms with Gasteiger partial charge in [-0.05, 0) is 50.8 Å². The van der Waals surface area contributed by atoms with E-state index in [0.717, 1.165) is 26.2 Å². The van der Waals surface area contributed by atoms with Crippen LogP contribution in [0.1, 0.15) is 56.4 Å². The van der Waals surface area contributed by atoms with Crippen LogP contribution in [0.5, 0.6) is 0 Å². The van der Waals surface area contributed by atoms with Gasteiger partial charge in [-0.1, -0.05) is 20.3 Å². The molecule has 3 rings (SSSR count). The summed E-state index contributed by atoms with van der Waals surface area (Å²) in [6.07, 6.45) is 6.80. The molecule has 0 atom stereocenters. The quantitative estimate of drug-likeness (QED) is 0.884. The van der Waals surface area contributed by atoms with Gasteiger partial charge in [-0.15, -0.1) is 0 Å². The lowest BCUT2D eigenvalue weighted by molar-refractivity contribution is -0.0435. The number of amides is 1. The molecule has 0 aromatic carbocycles. The zero-order valence-corrected chi connectivity index (χ0v) is 15.7. The van der Waals surface area contributed by atoms with E-state index in [1.165, 1.54) is 19.3 Å². The van der Waals surface area contributed by atoms with Crippen LogP contribution in [0.3, 0.4) is 0 Å². The standard InChI is InChI=1S/C19H32N4O2/c1-16(2)14-23-17(6-9-20-23)18(24)22-12-7-19(25,8-13-22)15-21-10-4-3-5-11-21/h6,9,16,25H,3-5,7-8,10-15H2,1-2H3. The third-order valence-corrected chi connectivity index (χ3v) is 5.42. The second kappa shape index (κ2) is 7.87. The third-order valence-electron chi connectivity index (χ3n) is 5.42. The lowest BCUT2D eigenvalue weighted by Crippen LogP contribution is -2.53. The molecule has 2 saturated heterocycles. The molecule has 2 aliphatic rings. The fourth-order valence-electron chi connectivity index (χ4n) is 3.99. The minimum Gasteiger partial charge on any atom is -0.388 e. The Morgan fingerprint density at radius 1 is 1.20 bits per heavy atom. The van der Waals surface area contributed by atoms with Crippen molar-refractivity contribution < 1.29 is 9.90 Å². The van der Waals surface area contributed by atoms with Crippen molar-refractivity contribution in [3.8, 4) is 0 Å². The molecule has 1 amide bonds. The number of nitrogens with zero attached hydrogens (tertiary/aromatic N) is 4. The van der Waals surface area contributed by atoms with Gasteiger partial charge >= 0.3 is 0 Å². The van der Waals surface area contributed by atoms with Crippen LogP contribution >= 0.6 is 0 Å². The van der Waals surface area contributed by atoms with Gasteiger partial charge in [0.05, 0.1) is 5.60 Å². The minimum atomic E-state index is -0.647. The number of piperidine rings is 2. The maximum atomic E-state index is 12.8. The van der Waals surface area contributed by atoms with Crippen LogP contribution in [0.2, 0.25) is 0 Å². The summed E-state index contributed by atoms with van der Waals surface area (Å²) in [7, 11) is 0. The summed E-state index contributed by atoms with van der Waals surface area (Å²) in [4.78, 5) is 17.1. The maximum Gasteiger partial charge on any atom is 0.272 e. The molecule has 2 fully saturated rings. The molecule has 0 bridgehead atoms. The number of carbonyl (C=O) groups excluding carboxylic acids is 1. The predicted molar refractivity (Wildman–Crippen MR) is 97.4 cm³/mol. The maximum absolute atomic E-state index is 12.8. The van der Waals surface area contributed by atoms with Crippen molar-refractivity contribution >= 4 is 5.91 Å². The summed E-state index contributed by atoms with van der Waals surface area (Å²) in [6.45, 7) is 9.18. The van der Waals surface area contributed by atoms with Crippen LogP contribution in [0.25, 0.3) is 0 Å². The lowest BCUT2D eigenvalue weighted by Gasteiger charge is -2.41. The van der Waals surface area contributed by atoms with Crippen molar-refractivity contribution in [2.24, 2.45) is 5.92 Å². The zero-order chi connectivity index (χ0) is 17.9. The van der Waals surface area contributed by atoms with Crippen molar-refractivity contribution in [1.29, 1.82) is 0 Å². The highest BCUT2D eigenvalue weighted by Crippen LogP contribution is 2.26. The van der Waals surface area contributed by atoms with Gasteiger partial charge in [0, 0.05) is 32.4 Å². The summed E-state index contributed by atoms with van der Waals surface area (Å²) in [5, 5.41) is 15.2. The van der Waals surface area contributed by atoms with Gasteiger partial charge < -0.3 is 14.9 Å². The van der Waals surface area contributed by atoms with E-state index in [2.05, 4.69) is 23.8 Å². The van der Waals surface area contributed by atoms with E-state index in [9.17, 15) is 9.90 Å².